The molecule has 0 radical (unpaired) electrons. The topological polar surface area (TPSA) is 13.0 Å². The first kappa shape index (κ1) is 39.5. The molecule has 4 nitrogen and oxygen atoms in total. The number of benzene rings is 7. The average Bonchev–Trinajstić information content (AvgIpc) is 3.97. The van der Waals surface area contributed by atoms with Crippen LogP contribution in [0, 0.1) is 27.7 Å². The molecule has 0 fully saturated rings. The number of rotatable bonds is 2. The van der Waals surface area contributed by atoms with E-state index in [0.717, 1.165) is 0 Å². The van der Waals surface area contributed by atoms with Crippen molar-refractivity contribution in [2.45, 2.75) is 104 Å². The summed E-state index contributed by atoms with van der Waals surface area (Å²) in [4.78, 5) is 8.48. The van der Waals surface area contributed by atoms with Gasteiger partial charge in [-0.15, -0.1) is 0 Å². The van der Waals surface area contributed by atoms with Gasteiger partial charge in [-0.2, -0.15) is 0 Å². The molecule has 0 aromatic heterocycles. The number of hydrogen-bond acceptors (Lipinski definition) is 4. The van der Waals surface area contributed by atoms with E-state index in [2.05, 4.69) is 229 Å². The lowest BCUT2D eigenvalue weighted by Crippen LogP contribution is -2.68. The highest BCUT2D eigenvalue weighted by Gasteiger charge is 2.71. The van der Waals surface area contributed by atoms with Crippen molar-refractivity contribution in [2.24, 2.45) is 0 Å². The normalized spacial score (nSPS) is 20.9. The van der Waals surface area contributed by atoms with Crippen LogP contribution in [-0.2, 0) is 16.2 Å². The zero-order valence-electron chi connectivity index (χ0n) is 41.2. The summed E-state index contributed by atoms with van der Waals surface area (Å²) < 4.78 is 0. The molecular weight excluding hydrogens is 822 g/mol. The minimum Gasteiger partial charge on any atom is -0.332 e. The molecular formula is C62H56B2N4. The average molecular weight is 879 g/mol. The molecule has 5 aliphatic heterocycles. The maximum atomic E-state index is 2.93. The van der Waals surface area contributed by atoms with E-state index >= 15 is 0 Å². The van der Waals surface area contributed by atoms with Gasteiger partial charge in [0.25, 0.3) is 6.85 Å². The molecule has 0 bridgehead atoms. The number of fused-ring (bicyclic) bond motifs is 9. The summed E-state index contributed by atoms with van der Waals surface area (Å²) in [6.45, 7) is 26.3. The van der Waals surface area contributed by atoms with Crippen LogP contribution < -0.4 is 31.2 Å². The highest BCUT2D eigenvalue weighted by molar-refractivity contribution is 7.00. The molecule has 6 heteroatoms. The van der Waals surface area contributed by atoms with E-state index in [9.17, 15) is 0 Å². The Labute approximate surface area is 402 Å². The Morgan fingerprint density at radius 2 is 1.07 bits per heavy atom. The molecule has 0 saturated heterocycles. The predicted molar refractivity (Wildman–Crippen MR) is 287 cm³/mol. The van der Waals surface area contributed by atoms with Crippen molar-refractivity contribution in [3.8, 4) is 11.1 Å². The quantitative estimate of drug-likeness (QED) is 0.160. The third kappa shape index (κ3) is 4.27. The number of anilines is 7. The first-order valence-corrected chi connectivity index (χ1v) is 25.1. The van der Waals surface area contributed by atoms with Crippen LogP contribution in [-0.4, -0.2) is 24.1 Å². The number of aryl methyl sites for hydroxylation is 4. The number of nitrogens with zero attached hydrogens (tertiary/aromatic N) is 4. The maximum absolute atomic E-state index is 2.93. The van der Waals surface area contributed by atoms with Crippen molar-refractivity contribution < 1.29 is 0 Å². The lowest BCUT2D eigenvalue weighted by Gasteiger charge is -2.55. The number of hydrazine groups is 1. The zero-order chi connectivity index (χ0) is 46.5. The lowest BCUT2D eigenvalue weighted by molar-refractivity contribution is 0.542. The van der Waals surface area contributed by atoms with Crippen molar-refractivity contribution in [2.75, 3.05) is 14.8 Å². The molecule has 5 heterocycles. The summed E-state index contributed by atoms with van der Waals surface area (Å²) in [5, 5.41) is 2.76. The second-order valence-electron chi connectivity index (χ2n) is 23.7. The van der Waals surface area contributed by atoms with E-state index in [4.69, 9.17) is 0 Å². The Bertz CT molecular complexity index is 3530. The maximum Gasteiger partial charge on any atom is 0.307 e. The van der Waals surface area contributed by atoms with Gasteiger partial charge in [0.15, 0.2) is 0 Å². The van der Waals surface area contributed by atoms with Gasteiger partial charge >= 0.3 is 6.85 Å². The highest BCUT2D eigenvalue weighted by Crippen LogP contribution is 2.70. The molecule has 7 aromatic rings. The van der Waals surface area contributed by atoms with Crippen molar-refractivity contribution in [3.05, 3.63) is 195 Å². The summed E-state index contributed by atoms with van der Waals surface area (Å²) in [6.07, 6.45) is 5.30. The summed E-state index contributed by atoms with van der Waals surface area (Å²) >= 11 is 0. The molecule has 330 valence electrons. The number of allylic oxidation sites excluding steroid dienone is 2. The largest absolute Gasteiger partial charge is 0.332 e. The first-order chi connectivity index (χ1) is 32.6. The molecule has 7 aromatic carbocycles. The molecule has 2 unspecified atom stereocenters. The van der Waals surface area contributed by atoms with Gasteiger partial charge < -0.3 is 9.80 Å². The predicted octanol–water partition coefficient (Wildman–Crippen LogP) is 12.9. The Balaban J connectivity index is 1.18. The third-order valence-electron chi connectivity index (χ3n) is 18.0. The van der Waals surface area contributed by atoms with Gasteiger partial charge in [0.2, 0.25) is 0 Å². The standard InChI is InChI=1S/C62H56B2N4/c1-34-18-16-19-35(2)56(34)65-46-27-26-44-51-52-45(62(44)42-24-14-12-22-40(42)41-23-13-15-25-43(41)62)28-29-61(11)58(52)64-54-48(66(61)57-36(3)20-17-21-37(57)4)31-39(60(8,9)10)33-50(54)67-49-32-38(59(5,6)7)30-47(65)53(49)63(55(46)51)68(64)67/h12-33,58H,1-11H3. The molecule has 0 N–H and O–H groups in total. The second kappa shape index (κ2) is 12.2. The minimum absolute atomic E-state index is 0.000248. The lowest BCUT2D eigenvalue weighted by atomic mass is 9.33. The molecule has 3 aliphatic carbocycles. The van der Waals surface area contributed by atoms with Gasteiger partial charge in [-0.25, -0.2) is 0 Å². The van der Waals surface area contributed by atoms with Crippen LogP contribution in [0.1, 0.15) is 104 Å². The van der Waals surface area contributed by atoms with E-state index < -0.39 is 11.0 Å². The van der Waals surface area contributed by atoms with Crippen LogP contribution in [0.2, 0.25) is 5.82 Å². The fourth-order valence-corrected chi connectivity index (χ4v) is 15.2. The molecule has 2 atom stereocenters. The number of hydrogen-bond donors (Lipinski definition) is 0. The SMILES string of the molecule is Cc1cccc(C)c1N1c2cc(C(C)(C)C)cc3c2B2c4c1ccc1c4C4=C(C=CC5(C)C4B4c6c(cc(C(C)(C)C)cc6N5c5c(C)cccc5C)N3N24)C12c1ccccc1-c1ccccc12. The zero-order valence-corrected chi connectivity index (χ0v) is 41.2. The highest BCUT2D eigenvalue weighted by atomic mass is 15.6. The minimum atomic E-state index is -0.463. The Morgan fingerprint density at radius 3 is 1.68 bits per heavy atom. The summed E-state index contributed by atoms with van der Waals surface area (Å²) in [5.74, 6) is 0.0851. The van der Waals surface area contributed by atoms with Gasteiger partial charge in [0, 0.05) is 28.6 Å². The van der Waals surface area contributed by atoms with Gasteiger partial charge in [-0.3, -0.25) is 9.84 Å². The van der Waals surface area contributed by atoms with Crippen LogP contribution in [0.3, 0.4) is 0 Å². The Hall–Kier alpha value is -6.49. The summed E-state index contributed by atoms with van der Waals surface area (Å²) in [5.41, 5.74) is 32.0. The van der Waals surface area contributed by atoms with E-state index in [1.165, 1.54) is 129 Å². The number of para-hydroxylation sites is 2. The van der Waals surface area contributed by atoms with Crippen LogP contribution in [0.5, 0.6) is 0 Å². The molecule has 0 saturated carbocycles. The molecule has 0 amide bonds. The van der Waals surface area contributed by atoms with Crippen LogP contribution >= 0.6 is 0 Å². The summed E-state index contributed by atoms with van der Waals surface area (Å²) in [7, 11) is 0. The van der Waals surface area contributed by atoms with Gasteiger partial charge in [0.05, 0.1) is 28.0 Å². The van der Waals surface area contributed by atoms with Crippen molar-refractivity contribution in [1.82, 2.24) is 4.83 Å². The van der Waals surface area contributed by atoms with Crippen LogP contribution in [0.15, 0.2) is 139 Å². The van der Waals surface area contributed by atoms with E-state index in [-0.39, 0.29) is 30.3 Å². The molecule has 8 aliphatic rings. The van der Waals surface area contributed by atoms with Crippen molar-refractivity contribution in [3.63, 3.8) is 0 Å². The molecule has 68 heavy (non-hydrogen) atoms. The fourth-order valence-electron chi connectivity index (χ4n) is 15.2. The second-order valence-corrected chi connectivity index (χ2v) is 23.7. The monoisotopic (exact) mass is 878 g/mol. The third-order valence-corrected chi connectivity index (χ3v) is 18.0. The van der Waals surface area contributed by atoms with E-state index in [0.29, 0.717) is 0 Å². The Kier molecular flexibility index (Phi) is 7.09. The summed E-state index contributed by atoms with van der Waals surface area (Å²) in [6, 6.07) is 48.0. The van der Waals surface area contributed by atoms with Gasteiger partial charge in [0.1, 0.15) is 0 Å². The van der Waals surface area contributed by atoms with Crippen LogP contribution in [0.4, 0.5) is 39.8 Å². The van der Waals surface area contributed by atoms with Gasteiger partial charge in [-0.1, -0.05) is 145 Å². The molecule has 1 spiro atoms. The fraction of sp³-hybridized carbons (Fsp3) is 0.258. The molecule has 15 rings (SSSR count). The first-order valence-electron chi connectivity index (χ1n) is 25.1. The van der Waals surface area contributed by atoms with Gasteiger partial charge in [-0.05, 0) is 170 Å². The smallest absolute Gasteiger partial charge is 0.307 e. The van der Waals surface area contributed by atoms with Crippen LogP contribution in [0.25, 0.3) is 16.7 Å². The van der Waals surface area contributed by atoms with E-state index in [1.54, 1.807) is 5.57 Å². The Morgan fingerprint density at radius 1 is 0.529 bits per heavy atom. The van der Waals surface area contributed by atoms with E-state index in [1.807, 2.05) is 0 Å². The van der Waals surface area contributed by atoms with Crippen molar-refractivity contribution >= 4 is 75.5 Å². The van der Waals surface area contributed by atoms with Crippen molar-refractivity contribution in [1.29, 1.82) is 0 Å².